The summed E-state index contributed by atoms with van der Waals surface area (Å²) in [6.45, 7) is 0. The lowest BCUT2D eigenvalue weighted by atomic mass is 10.1. The van der Waals surface area contributed by atoms with Gasteiger partial charge < -0.3 is 4.42 Å². The molecule has 0 atom stereocenters. The van der Waals surface area contributed by atoms with E-state index in [1.165, 1.54) is 17.6 Å². The molecule has 0 aliphatic carbocycles. The van der Waals surface area contributed by atoms with Crippen LogP contribution in [0.1, 0.15) is 21.0 Å². The van der Waals surface area contributed by atoms with Crippen molar-refractivity contribution in [2.45, 2.75) is 6.42 Å². The lowest BCUT2D eigenvalue weighted by Gasteiger charge is -2.02. The highest BCUT2D eigenvalue weighted by molar-refractivity contribution is 7.15. The van der Waals surface area contributed by atoms with Crippen molar-refractivity contribution in [1.82, 2.24) is 4.98 Å². The Hall–Kier alpha value is -1.82. The van der Waals surface area contributed by atoms with Crippen molar-refractivity contribution in [3.05, 3.63) is 69.0 Å². The zero-order chi connectivity index (χ0) is 15.5. The maximum absolute atomic E-state index is 11.9. The van der Waals surface area contributed by atoms with Crippen molar-refractivity contribution in [1.29, 1.82) is 0 Å². The van der Waals surface area contributed by atoms with E-state index in [0.717, 1.165) is 10.4 Å². The van der Waals surface area contributed by atoms with E-state index < -0.39 is 0 Å². The first-order chi connectivity index (χ1) is 10.6. The first-order valence-corrected chi connectivity index (χ1v) is 7.92. The number of carbonyl (C=O) groups excluding carboxylic acids is 1. The van der Waals surface area contributed by atoms with Gasteiger partial charge in [0.25, 0.3) is 5.91 Å². The molecule has 0 aliphatic rings. The number of rotatable bonds is 4. The van der Waals surface area contributed by atoms with Crippen molar-refractivity contribution < 1.29 is 9.21 Å². The van der Waals surface area contributed by atoms with Crippen LogP contribution in [-0.4, -0.2) is 10.9 Å². The number of hydrogen-bond donors (Lipinski definition) is 1. The number of aromatic nitrogens is 1. The first-order valence-electron chi connectivity index (χ1n) is 6.35. The summed E-state index contributed by atoms with van der Waals surface area (Å²) in [6.07, 6.45) is 3.79. The normalized spacial score (nSPS) is 10.6. The molecule has 3 rings (SSSR count). The molecule has 1 aromatic carbocycles. The third-order valence-corrected chi connectivity index (χ3v) is 4.40. The number of carbonyl (C=O) groups is 1. The standard InChI is InChI=1S/C15H10Cl2N2O2S/c16-10-4-3-9(12(17)7-10)6-11-8-18-15(22-11)19-14(20)13-2-1-5-21-13/h1-5,7-8H,6H2,(H,18,19,20). The number of nitrogens with zero attached hydrogens (tertiary/aromatic N) is 1. The van der Waals surface area contributed by atoms with Crippen LogP contribution in [0.3, 0.4) is 0 Å². The Morgan fingerprint density at radius 3 is 2.91 bits per heavy atom. The monoisotopic (exact) mass is 352 g/mol. The van der Waals surface area contributed by atoms with E-state index in [1.54, 1.807) is 30.5 Å². The number of nitrogens with one attached hydrogen (secondary N) is 1. The van der Waals surface area contributed by atoms with Gasteiger partial charge in [0.1, 0.15) is 0 Å². The molecule has 22 heavy (non-hydrogen) atoms. The molecule has 0 unspecified atom stereocenters. The molecule has 0 fully saturated rings. The smallest absolute Gasteiger partial charge is 0.293 e. The summed E-state index contributed by atoms with van der Waals surface area (Å²) in [5.41, 5.74) is 0.957. The Morgan fingerprint density at radius 1 is 1.32 bits per heavy atom. The van der Waals surface area contributed by atoms with E-state index in [0.29, 0.717) is 21.6 Å². The van der Waals surface area contributed by atoms with Gasteiger partial charge in [0, 0.05) is 27.5 Å². The van der Waals surface area contributed by atoms with Crippen LogP contribution < -0.4 is 5.32 Å². The minimum atomic E-state index is -0.324. The van der Waals surface area contributed by atoms with Crippen molar-refractivity contribution in [2.24, 2.45) is 0 Å². The minimum Gasteiger partial charge on any atom is -0.459 e. The number of anilines is 1. The lowest BCUT2D eigenvalue weighted by Crippen LogP contribution is -2.10. The quantitative estimate of drug-likeness (QED) is 0.727. The zero-order valence-electron chi connectivity index (χ0n) is 11.2. The van der Waals surface area contributed by atoms with E-state index in [1.807, 2.05) is 6.07 Å². The van der Waals surface area contributed by atoms with Gasteiger partial charge in [0.2, 0.25) is 0 Å². The number of benzene rings is 1. The molecule has 0 spiro atoms. The van der Waals surface area contributed by atoms with E-state index in [2.05, 4.69) is 10.3 Å². The first kappa shape index (κ1) is 15.1. The van der Waals surface area contributed by atoms with Crippen LogP contribution in [-0.2, 0) is 6.42 Å². The maximum atomic E-state index is 11.9. The predicted molar refractivity (Wildman–Crippen MR) is 88.0 cm³/mol. The molecule has 0 aliphatic heterocycles. The minimum absolute atomic E-state index is 0.248. The van der Waals surface area contributed by atoms with E-state index >= 15 is 0 Å². The fourth-order valence-corrected chi connectivity index (χ4v) is 3.17. The molecule has 0 saturated heterocycles. The highest BCUT2D eigenvalue weighted by Crippen LogP contribution is 2.27. The summed E-state index contributed by atoms with van der Waals surface area (Å²) in [5, 5.41) is 4.42. The topological polar surface area (TPSA) is 55.1 Å². The fraction of sp³-hybridized carbons (Fsp3) is 0.0667. The summed E-state index contributed by atoms with van der Waals surface area (Å²) in [5.74, 6) is -0.0760. The average Bonchev–Trinajstić information content (AvgIpc) is 3.13. The van der Waals surface area contributed by atoms with Gasteiger partial charge in [-0.3, -0.25) is 10.1 Å². The van der Waals surface area contributed by atoms with Gasteiger partial charge in [0.05, 0.1) is 6.26 Å². The van der Waals surface area contributed by atoms with Gasteiger partial charge in [0.15, 0.2) is 10.9 Å². The van der Waals surface area contributed by atoms with Gasteiger partial charge in [-0.05, 0) is 29.8 Å². The van der Waals surface area contributed by atoms with Crippen molar-refractivity contribution >= 4 is 45.6 Å². The third-order valence-electron chi connectivity index (χ3n) is 2.90. The molecular weight excluding hydrogens is 343 g/mol. The summed E-state index contributed by atoms with van der Waals surface area (Å²) < 4.78 is 5.03. The third kappa shape index (κ3) is 3.50. The molecule has 4 nitrogen and oxygen atoms in total. The van der Waals surface area contributed by atoms with Crippen LogP contribution in [0.25, 0.3) is 0 Å². The number of furan rings is 1. The molecule has 112 valence electrons. The number of hydrogen-bond acceptors (Lipinski definition) is 4. The van der Waals surface area contributed by atoms with Gasteiger partial charge in [-0.15, -0.1) is 11.3 Å². The van der Waals surface area contributed by atoms with Crippen LogP contribution in [0.4, 0.5) is 5.13 Å². The fourth-order valence-electron chi connectivity index (χ4n) is 1.87. The van der Waals surface area contributed by atoms with E-state index in [4.69, 9.17) is 27.6 Å². The maximum Gasteiger partial charge on any atom is 0.293 e. The van der Waals surface area contributed by atoms with Gasteiger partial charge >= 0.3 is 0 Å². The summed E-state index contributed by atoms with van der Waals surface area (Å²) in [4.78, 5) is 17.0. The SMILES string of the molecule is O=C(Nc1ncc(Cc2ccc(Cl)cc2Cl)s1)c1ccco1. The molecule has 1 amide bonds. The highest BCUT2D eigenvalue weighted by Gasteiger charge is 2.12. The molecule has 2 heterocycles. The van der Waals surface area contributed by atoms with Gasteiger partial charge in [-0.25, -0.2) is 4.98 Å². The van der Waals surface area contributed by atoms with Crippen LogP contribution in [0.2, 0.25) is 10.0 Å². The predicted octanol–water partition coefficient (Wildman–Crippen LogP) is 4.89. The molecule has 1 N–H and O–H groups in total. The zero-order valence-corrected chi connectivity index (χ0v) is 13.5. The Morgan fingerprint density at radius 2 is 2.18 bits per heavy atom. The van der Waals surface area contributed by atoms with Crippen LogP contribution in [0, 0.1) is 0 Å². The Kier molecular flexibility index (Phi) is 4.47. The molecule has 2 aromatic heterocycles. The second-order valence-electron chi connectivity index (χ2n) is 4.48. The van der Waals surface area contributed by atoms with Crippen molar-refractivity contribution in [3.8, 4) is 0 Å². The molecule has 3 aromatic rings. The Balaban J connectivity index is 1.70. The largest absolute Gasteiger partial charge is 0.459 e. The molecular formula is C15H10Cl2N2O2S. The van der Waals surface area contributed by atoms with Crippen molar-refractivity contribution in [2.75, 3.05) is 5.32 Å². The number of amides is 1. The molecule has 0 saturated carbocycles. The summed E-state index contributed by atoms with van der Waals surface area (Å²) in [6, 6.07) is 8.63. The molecule has 0 radical (unpaired) electrons. The summed E-state index contributed by atoms with van der Waals surface area (Å²) >= 11 is 13.4. The second kappa shape index (κ2) is 6.52. The van der Waals surface area contributed by atoms with Gasteiger partial charge in [-0.1, -0.05) is 29.3 Å². The Bertz CT molecular complexity index is 800. The van der Waals surface area contributed by atoms with E-state index in [-0.39, 0.29) is 11.7 Å². The Labute approximate surface area is 140 Å². The second-order valence-corrected chi connectivity index (χ2v) is 6.43. The summed E-state index contributed by atoms with van der Waals surface area (Å²) in [7, 11) is 0. The van der Waals surface area contributed by atoms with Crippen molar-refractivity contribution in [3.63, 3.8) is 0 Å². The van der Waals surface area contributed by atoms with Gasteiger partial charge in [-0.2, -0.15) is 0 Å². The van der Waals surface area contributed by atoms with Crippen LogP contribution in [0.15, 0.2) is 47.2 Å². The lowest BCUT2D eigenvalue weighted by molar-refractivity contribution is 0.0996. The van der Waals surface area contributed by atoms with Crippen LogP contribution in [0.5, 0.6) is 0 Å². The molecule has 0 bridgehead atoms. The molecule has 7 heteroatoms. The average molecular weight is 353 g/mol. The van der Waals surface area contributed by atoms with E-state index in [9.17, 15) is 4.79 Å². The number of halogens is 2. The van der Waals surface area contributed by atoms with Crippen LogP contribution >= 0.6 is 34.5 Å². The number of thiazole rings is 1. The highest BCUT2D eigenvalue weighted by atomic mass is 35.5.